The molecule has 3 rings (SSSR count). The number of halogens is 2. The summed E-state index contributed by atoms with van der Waals surface area (Å²) in [5, 5.41) is 3.18. The molecule has 3 N–H and O–H groups in total. The van der Waals surface area contributed by atoms with Crippen molar-refractivity contribution in [3.8, 4) is 0 Å². The molecule has 0 aromatic heterocycles. The van der Waals surface area contributed by atoms with Crippen LogP contribution in [-0.4, -0.2) is 56.2 Å². The number of nitrogens with zero attached hydrogens (tertiary/aromatic N) is 1. The van der Waals surface area contributed by atoms with E-state index < -0.39 is 0 Å². The maximum absolute atomic E-state index is 13.3. The van der Waals surface area contributed by atoms with Gasteiger partial charge >= 0.3 is 0 Å². The molecule has 2 aliphatic rings. The van der Waals surface area contributed by atoms with E-state index in [0.29, 0.717) is 25.7 Å². The van der Waals surface area contributed by atoms with Crippen molar-refractivity contribution in [3.05, 3.63) is 35.6 Å². The monoisotopic (exact) mass is 386 g/mol. The number of rotatable bonds is 6. The Morgan fingerprint density at radius 2 is 2.23 bits per heavy atom. The van der Waals surface area contributed by atoms with Gasteiger partial charge in [-0.1, -0.05) is 12.1 Å². The van der Waals surface area contributed by atoms with Crippen LogP contribution in [0.25, 0.3) is 0 Å². The van der Waals surface area contributed by atoms with Crippen LogP contribution < -0.4 is 16.2 Å². The molecule has 146 valence electrons. The van der Waals surface area contributed by atoms with Gasteiger partial charge in [0.25, 0.3) is 5.91 Å². The highest BCUT2D eigenvalue weighted by molar-refractivity contribution is 5.85. The molecule has 0 radical (unpaired) electrons. The molecule has 3 unspecified atom stereocenters. The van der Waals surface area contributed by atoms with Gasteiger partial charge in [-0.2, -0.15) is 0 Å². The second-order valence-electron chi connectivity index (χ2n) is 6.79. The summed E-state index contributed by atoms with van der Waals surface area (Å²) in [4.78, 5) is 14.0. The zero-order valence-electron chi connectivity index (χ0n) is 15.0. The van der Waals surface area contributed by atoms with E-state index in [-0.39, 0.29) is 36.3 Å². The lowest BCUT2D eigenvalue weighted by Gasteiger charge is -2.27. The van der Waals surface area contributed by atoms with E-state index in [9.17, 15) is 9.18 Å². The highest BCUT2D eigenvalue weighted by Crippen LogP contribution is 2.24. The minimum absolute atomic E-state index is 0. The molecular weight excluding hydrogens is 359 g/mol. The lowest BCUT2D eigenvalue weighted by atomic mass is 9.99. The van der Waals surface area contributed by atoms with Gasteiger partial charge in [-0.25, -0.2) is 4.39 Å². The average molecular weight is 387 g/mol. The van der Waals surface area contributed by atoms with E-state index in [0.717, 1.165) is 31.4 Å². The smallest absolute Gasteiger partial charge is 0.252 e. The van der Waals surface area contributed by atoms with E-state index in [4.69, 9.17) is 4.74 Å². The van der Waals surface area contributed by atoms with Crippen LogP contribution in [0, 0.1) is 5.82 Å². The van der Waals surface area contributed by atoms with Gasteiger partial charge in [-0.3, -0.25) is 15.6 Å². The number of carbonyl (C=O) groups excluding carboxylic acids is 1. The summed E-state index contributed by atoms with van der Waals surface area (Å²) in [5.74, 6) is -0.162. The number of amides is 1. The van der Waals surface area contributed by atoms with Gasteiger partial charge in [0.15, 0.2) is 0 Å². The number of hydrogen-bond acceptors (Lipinski definition) is 5. The van der Waals surface area contributed by atoms with Crippen LogP contribution in [0.5, 0.6) is 0 Å². The maximum Gasteiger partial charge on any atom is 0.252 e. The van der Waals surface area contributed by atoms with Gasteiger partial charge in [0.2, 0.25) is 0 Å². The first-order chi connectivity index (χ1) is 12.1. The van der Waals surface area contributed by atoms with E-state index in [1.165, 1.54) is 6.07 Å². The van der Waals surface area contributed by atoms with Gasteiger partial charge in [0, 0.05) is 38.8 Å². The van der Waals surface area contributed by atoms with Crippen molar-refractivity contribution in [3.63, 3.8) is 0 Å². The molecule has 2 heterocycles. The molecule has 2 saturated heterocycles. The minimum atomic E-state index is -0.359. The minimum Gasteiger partial charge on any atom is -0.366 e. The molecule has 0 aliphatic carbocycles. The van der Waals surface area contributed by atoms with Crippen LogP contribution in [0.1, 0.15) is 30.9 Å². The van der Waals surface area contributed by atoms with E-state index in [2.05, 4.69) is 16.2 Å². The van der Waals surface area contributed by atoms with Crippen molar-refractivity contribution in [2.75, 3.05) is 33.3 Å². The van der Waals surface area contributed by atoms with Crippen LogP contribution in [0.15, 0.2) is 24.3 Å². The van der Waals surface area contributed by atoms with Crippen molar-refractivity contribution in [1.29, 1.82) is 0 Å². The predicted molar refractivity (Wildman–Crippen MR) is 101 cm³/mol. The number of carbonyl (C=O) groups is 1. The summed E-state index contributed by atoms with van der Waals surface area (Å²) < 4.78 is 18.8. The molecular formula is C18H28ClFN4O2. The second kappa shape index (κ2) is 10.2. The molecule has 1 aromatic rings. The Hall–Kier alpha value is -1.25. The Kier molecular flexibility index (Phi) is 8.24. The highest BCUT2D eigenvalue weighted by atomic mass is 35.5. The van der Waals surface area contributed by atoms with Gasteiger partial charge < -0.3 is 15.0 Å². The number of likely N-dealkylation sites (N-methyl/N-ethyl adjacent to an activating group) is 1. The number of nitrogens with one attached hydrogen (secondary N) is 3. The van der Waals surface area contributed by atoms with E-state index in [1.807, 2.05) is 13.1 Å². The summed E-state index contributed by atoms with van der Waals surface area (Å²) >= 11 is 0. The Morgan fingerprint density at radius 1 is 1.38 bits per heavy atom. The van der Waals surface area contributed by atoms with Crippen LogP contribution in [0.3, 0.4) is 0 Å². The molecule has 2 fully saturated rings. The van der Waals surface area contributed by atoms with Crippen molar-refractivity contribution in [2.24, 2.45) is 0 Å². The van der Waals surface area contributed by atoms with Gasteiger partial charge in [0.1, 0.15) is 11.9 Å². The number of ether oxygens (including phenoxy) is 1. The highest BCUT2D eigenvalue weighted by Gasteiger charge is 2.27. The maximum atomic E-state index is 13.3. The van der Waals surface area contributed by atoms with Crippen LogP contribution >= 0.6 is 12.4 Å². The van der Waals surface area contributed by atoms with Gasteiger partial charge in [0.05, 0.1) is 6.61 Å². The zero-order chi connectivity index (χ0) is 17.6. The van der Waals surface area contributed by atoms with E-state index >= 15 is 0 Å². The molecule has 1 aromatic carbocycles. The van der Waals surface area contributed by atoms with Crippen molar-refractivity contribution >= 4 is 18.3 Å². The summed E-state index contributed by atoms with van der Waals surface area (Å²) in [5.41, 5.74) is 7.48. The molecule has 2 aliphatic heterocycles. The predicted octanol–water partition coefficient (Wildman–Crippen LogP) is 1.38. The quantitative estimate of drug-likeness (QED) is 0.689. The SMILES string of the molecule is CN(CCCC1CC(c2cccc(F)c2)NN1)C(=O)C1CNCCO1.Cl. The number of hydrogen-bond donors (Lipinski definition) is 3. The van der Waals surface area contributed by atoms with Crippen LogP contribution in [0.2, 0.25) is 0 Å². The Balaban J connectivity index is 0.00000243. The normalized spacial score (nSPS) is 25.5. The first kappa shape index (κ1) is 21.1. The second-order valence-corrected chi connectivity index (χ2v) is 6.79. The zero-order valence-corrected chi connectivity index (χ0v) is 15.9. The fourth-order valence-electron chi connectivity index (χ4n) is 3.41. The summed E-state index contributed by atoms with van der Waals surface area (Å²) in [6.45, 7) is 2.69. The van der Waals surface area contributed by atoms with Gasteiger partial charge in [-0.15, -0.1) is 12.4 Å². The molecule has 1 amide bonds. The number of hydrazine groups is 1. The number of benzene rings is 1. The Bertz CT molecular complexity index is 586. The molecule has 26 heavy (non-hydrogen) atoms. The molecule has 3 atom stereocenters. The first-order valence-electron chi connectivity index (χ1n) is 8.97. The van der Waals surface area contributed by atoms with Crippen molar-refractivity contribution in [2.45, 2.75) is 37.5 Å². The summed E-state index contributed by atoms with van der Waals surface area (Å²) in [7, 11) is 1.83. The van der Waals surface area contributed by atoms with E-state index in [1.54, 1.807) is 17.0 Å². The van der Waals surface area contributed by atoms with Crippen molar-refractivity contribution in [1.82, 2.24) is 21.1 Å². The standard InChI is InChI=1S/C18H27FN4O2.ClH/c1-23(18(24)17-12-20-7-9-25-17)8-3-6-15-11-16(22-21-15)13-4-2-5-14(19)10-13;/h2,4-5,10,15-17,20-22H,3,6-9,11-12H2,1H3;1H. The fraction of sp³-hybridized carbons (Fsp3) is 0.611. The first-order valence-corrected chi connectivity index (χ1v) is 8.97. The molecule has 0 bridgehead atoms. The summed E-state index contributed by atoms with van der Waals surface area (Å²) in [6, 6.07) is 7.16. The largest absolute Gasteiger partial charge is 0.366 e. The molecule has 6 nitrogen and oxygen atoms in total. The molecule has 0 spiro atoms. The Morgan fingerprint density at radius 3 is 2.96 bits per heavy atom. The third-order valence-corrected chi connectivity index (χ3v) is 4.86. The number of morpholine rings is 1. The fourth-order valence-corrected chi connectivity index (χ4v) is 3.41. The summed E-state index contributed by atoms with van der Waals surface area (Å²) in [6.07, 6.45) is 2.43. The van der Waals surface area contributed by atoms with Crippen LogP contribution in [-0.2, 0) is 9.53 Å². The average Bonchev–Trinajstić information content (AvgIpc) is 3.11. The van der Waals surface area contributed by atoms with Crippen molar-refractivity contribution < 1.29 is 13.9 Å². The topological polar surface area (TPSA) is 65.6 Å². The molecule has 0 saturated carbocycles. The third-order valence-electron chi connectivity index (χ3n) is 4.86. The third kappa shape index (κ3) is 5.62. The Labute approximate surface area is 160 Å². The van der Waals surface area contributed by atoms with Crippen LogP contribution in [0.4, 0.5) is 4.39 Å². The lowest BCUT2D eigenvalue weighted by molar-refractivity contribution is -0.143. The molecule has 8 heteroatoms. The lowest BCUT2D eigenvalue weighted by Crippen LogP contribution is -2.48. The van der Waals surface area contributed by atoms with Gasteiger partial charge in [-0.05, 0) is 37.0 Å².